The van der Waals surface area contributed by atoms with E-state index in [-0.39, 0.29) is 17.4 Å². The first-order valence-corrected chi connectivity index (χ1v) is 6.93. The number of amides is 3. The summed E-state index contributed by atoms with van der Waals surface area (Å²) >= 11 is 1.22. The lowest BCUT2D eigenvalue weighted by atomic mass is 10.2. The first-order chi connectivity index (χ1) is 9.38. The zero-order valence-electron chi connectivity index (χ0n) is 11.2. The van der Waals surface area contributed by atoms with Crippen LogP contribution in [0.4, 0.5) is 4.79 Å². The van der Waals surface area contributed by atoms with Crippen molar-refractivity contribution in [2.45, 2.75) is 24.8 Å². The van der Waals surface area contributed by atoms with Crippen molar-refractivity contribution in [3.8, 4) is 0 Å². The van der Waals surface area contributed by atoms with Gasteiger partial charge in [0.1, 0.15) is 0 Å². The third-order valence-electron chi connectivity index (χ3n) is 2.14. The van der Waals surface area contributed by atoms with Crippen LogP contribution in [0, 0.1) is 0 Å². The smallest absolute Gasteiger partial charge is 0.335 e. The van der Waals surface area contributed by atoms with Gasteiger partial charge in [0.05, 0.1) is 11.3 Å². The molecular weight excluding hydrogens is 280 g/mol. The number of rotatable bonds is 5. The molecule has 6 nitrogen and oxygen atoms in total. The fraction of sp³-hybridized carbons (Fsp3) is 0.308. The number of urea groups is 1. The van der Waals surface area contributed by atoms with Crippen LogP contribution < -0.4 is 10.6 Å². The number of carbonyl (C=O) groups excluding carboxylic acids is 2. The highest BCUT2D eigenvalue weighted by Gasteiger charge is 2.09. The Kier molecular flexibility index (Phi) is 6.05. The van der Waals surface area contributed by atoms with Crippen LogP contribution in [0.2, 0.25) is 0 Å². The summed E-state index contributed by atoms with van der Waals surface area (Å²) in [6.07, 6.45) is 0. The van der Waals surface area contributed by atoms with Gasteiger partial charge in [-0.15, -0.1) is 11.8 Å². The molecule has 0 spiro atoms. The lowest BCUT2D eigenvalue weighted by Crippen LogP contribution is -2.43. The summed E-state index contributed by atoms with van der Waals surface area (Å²) < 4.78 is 0. The van der Waals surface area contributed by atoms with Crippen molar-refractivity contribution < 1.29 is 19.5 Å². The molecule has 0 unspecified atom stereocenters. The van der Waals surface area contributed by atoms with Crippen molar-refractivity contribution in [1.29, 1.82) is 0 Å². The highest BCUT2D eigenvalue weighted by molar-refractivity contribution is 8.00. The van der Waals surface area contributed by atoms with Crippen molar-refractivity contribution in [3.63, 3.8) is 0 Å². The fourth-order valence-electron chi connectivity index (χ4n) is 1.30. The third-order valence-corrected chi connectivity index (χ3v) is 3.16. The van der Waals surface area contributed by atoms with Crippen molar-refractivity contribution in [2.75, 3.05) is 5.75 Å². The van der Waals surface area contributed by atoms with Gasteiger partial charge >= 0.3 is 12.0 Å². The Morgan fingerprint density at radius 2 is 1.80 bits per heavy atom. The maximum atomic E-state index is 11.5. The Hall–Kier alpha value is -2.02. The van der Waals surface area contributed by atoms with Crippen LogP contribution in [0.1, 0.15) is 24.2 Å². The molecule has 0 heterocycles. The molecule has 0 saturated carbocycles. The third kappa shape index (κ3) is 5.75. The van der Waals surface area contributed by atoms with Crippen molar-refractivity contribution >= 4 is 29.7 Å². The second-order valence-electron chi connectivity index (χ2n) is 4.29. The molecule has 0 aromatic heterocycles. The van der Waals surface area contributed by atoms with E-state index in [1.807, 2.05) is 0 Å². The van der Waals surface area contributed by atoms with Crippen molar-refractivity contribution in [3.05, 3.63) is 29.8 Å². The molecule has 0 aliphatic carbocycles. The summed E-state index contributed by atoms with van der Waals surface area (Å²) in [4.78, 5) is 34.2. The number of hydrogen-bond donors (Lipinski definition) is 3. The van der Waals surface area contributed by atoms with E-state index in [1.54, 1.807) is 26.0 Å². The second-order valence-corrected chi connectivity index (χ2v) is 5.34. The van der Waals surface area contributed by atoms with E-state index >= 15 is 0 Å². The number of carbonyl (C=O) groups is 3. The van der Waals surface area contributed by atoms with Crippen LogP contribution in [-0.4, -0.2) is 34.8 Å². The van der Waals surface area contributed by atoms with Crippen molar-refractivity contribution in [2.24, 2.45) is 0 Å². The van der Waals surface area contributed by atoms with Gasteiger partial charge in [0, 0.05) is 10.9 Å². The molecular formula is C13H16N2O4S. The standard InChI is InChI=1S/C13H16N2O4S/c1-8(2)14-13(19)15-11(16)7-20-10-5-3-9(4-6-10)12(17)18/h3-6,8H,7H2,1-2H3,(H,17,18)(H2,14,15,16,19). The fourth-order valence-corrected chi connectivity index (χ4v) is 2.00. The molecule has 1 aromatic carbocycles. The number of carboxylic acids is 1. The summed E-state index contributed by atoms with van der Waals surface area (Å²) in [7, 11) is 0. The van der Waals surface area contributed by atoms with Crippen LogP contribution in [-0.2, 0) is 4.79 Å². The lowest BCUT2D eigenvalue weighted by molar-refractivity contribution is -0.117. The predicted molar refractivity (Wildman–Crippen MR) is 75.9 cm³/mol. The maximum absolute atomic E-state index is 11.5. The number of carboxylic acid groups (broad SMARTS) is 1. The maximum Gasteiger partial charge on any atom is 0.335 e. The van der Waals surface area contributed by atoms with Gasteiger partial charge < -0.3 is 10.4 Å². The average molecular weight is 296 g/mol. The molecule has 1 rings (SSSR count). The van der Waals surface area contributed by atoms with E-state index in [0.29, 0.717) is 0 Å². The van der Waals surface area contributed by atoms with Crippen LogP contribution in [0.15, 0.2) is 29.2 Å². The Balaban J connectivity index is 2.41. The Bertz CT molecular complexity index is 500. The molecule has 3 N–H and O–H groups in total. The van der Waals surface area contributed by atoms with E-state index in [4.69, 9.17) is 5.11 Å². The average Bonchev–Trinajstić information content (AvgIpc) is 2.35. The molecule has 0 aliphatic rings. The number of benzene rings is 1. The lowest BCUT2D eigenvalue weighted by Gasteiger charge is -2.09. The van der Waals surface area contributed by atoms with Gasteiger partial charge in [0.2, 0.25) is 5.91 Å². The normalized spacial score (nSPS) is 10.2. The van der Waals surface area contributed by atoms with E-state index in [2.05, 4.69) is 10.6 Å². The van der Waals surface area contributed by atoms with E-state index < -0.39 is 17.9 Å². The Morgan fingerprint density at radius 3 is 2.30 bits per heavy atom. The number of aromatic carboxylic acids is 1. The number of nitrogens with one attached hydrogen (secondary N) is 2. The zero-order valence-corrected chi connectivity index (χ0v) is 12.0. The topological polar surface area (TPSA) is 95.5 Å². The molecule has 0 atom stereocenters. The quantitative estimate of drug-likeness (QED) is 0.719. The summed E-state index contributed by atoms with van der Waals surface area (Å²) in [6, 6.07) is 5.61. The summed E-state index contributed by atoms with van der Waals surface area (Å²) in [5.74, 6) is -1.32. The Labute approximate surface area is 120 Å². The minimum absolute atomic E-state index is 0.0426. The summed E-state index contributed by atoms with van der Waals surface area (Å²) in [5.41, 5.74) is 0.190. The van der Waals surface area contributed by atoms with E-state index in [0.717, 1.165) is 4.90 Å². The van der Waals surface area contributed by atoms with Crippen molar-refractivity contribution in [1.82, 2.24) is 10.6 Å². The molecule has 108 valence electrons. The first kappa shape index (κ1) is 16.0. The van der Waals surface area contributed by atoms with Crippen LogP contribution in [0.5, 0.6) is 0 Å². The largest absolute Gasteiger partial charge is 0.478 e. The monoisotopic (exact) mass is 296 g/mol. The predicted octanol–water partition coefficient (Wildman–Crippen LogP) is 1.71. The Morgan fingerprint density at radius 1 is 1.20 bits per heavy atom. The molecule has 1 aromatic rings. The minimum atomic E-state index is -0.996. The molecule has 0 saturated heterocycles. The molecule has 0 radical (unpaired) electrons. The highest BCUT2D eigenvalue weighted by atomic mass is 32.2. The molecule has 3 amide bonds. The van der Waals surface area contributed by atoms with Gasteiger partial charge in [-0.3, -0.25) is 10.1 Å². The molecule has 20 heavy (non-hydrogen) atoms. The zero-order chi connectivity index (χ0) is 15.1. The van der Waals surface area contributed by atoms with Gasteiger partial charge in [-0.05, 0) is 38.1 Å². The van der Waals surface area contributed by atoms with Gasteiger partial charge in [-0.25, -0.2) is 9.59 Å². The van der Waals surface area contributed by atoms with Crippen LogP contribution >= 0.6 is 11.8 Å². The molecule has 0 bridgehead atoms. The van der Waals surface area contributed by atoms with E-state index in [1.165, 1.54) is 23.9 Å². The van der Waals surface area contributed by atoms with Crippen LogP contribution in [0.25, 0.3) is 0 Å². The molecule has 0 aliphatic heterocycles. The highest BCUT2D eigenvalue weighted by Crippen LogP contribution is 2.18. The van der Waals surface area contributed by atoms with Gasteiger partial charge in [-0.2, -0.15) is 0 Å². The SMILES string of the molecule is CC(C)NC(=O)NC(=O)CSc1ccc(C(=O)O)cc1. The summed E-state index contributed by atoms with van der Waals surface area (Å²) in [5, 5.41) is 13.5. The number of hydrogen-bond acceptors (Lipinski definition) is 4. The molecule has 7 heteroatoms. The van der Waals surface area contributed by atoms with Gasteiger partial charge in [-0.1, -0.05) is 0 Å². The number of thioether (sulfide) groups is 1. The van der Waals surface area contributed by atoms with Gasteiger partial charge in [0.25, 0.3) is 0 Å². The minimum Gasteiger partial charge on any atom is -0.478 e. The number of imide groups is 1. The summed E-state index contributed by atoms with van der Waals surface area (Å²) in [6.45, 7) is 3.59. The first-order valence-electron chi connectivity index (χ1n) is 5.95. The molecule has 0 fully saturated rings. The van der Waals surface area contributed by atoms with E-state index in [9.17, 15) is 14.4 Å². The van der Waals surface area contributed by atoms with Crippen LogP contribution in [0.3, 0.4) is 0 Å². The second kappa shape index (κ2) is 7.54. The van der Waals surface area contributed by atoms with Gasteiger partial charge in [0.15, 0.2) is 0 Å².